The van der Waals surface area contributed by atoms with Crippen molar-refractivity contribution < 1.29 is 14.0 Å². The third-order valence-electron chi connectivity index (χ3n) is 5.01. The molecule has 0 amide bonds. The lowest BCUT2D eigenvalue weighted by Gasteiger charge is -2.26. The number of nitrogen functional groups attached to an aromatic ring is 1. The van der Waals surface area contributed by atoms with Crippen LogP contribution in [0.5, 0.6) is 0 Å². The van der Waals surface area contributed by atoms with Crippen LogP contribution in [0.15, 0.2) is 30.3 Å². The zero-order valence-corrected chi connectivity index (χ0v) is 16.3. The van der Waals surface area contributed by atoms with E-state index in [1.165, 1.54) is 30.4 Å². The number of hydrogen-bond donors (Lipinski definition) is 1. The van der Waals surface area contributed by atoms with E-state index in [4.69, 9.17) is 5.73 Å². The fourth-order valence-electron chi connectivity index (χ4n) is 3.79. The average molecular weight is 395 g/mol. The van der Waals surface area contributed by atoms with E-state index in [1.807, 2.05) is 6.07 Å². The van der Waals surface area contributed by atoms with Gasteiger partial charge in [0.05, 0.1) is 21.8 Å². The van der Waals surface area contributed by atoms with E-state index in [0.717, 1.165) is 10.4 Å². The molecule has 4 rings (SSSR count). The van der Waals surface area contributed by atoms with Crippen molar-refractivity contribution in [3.05, 3.63) is 63.5 Å². The predicted octanol–water partition coefficient (Wildman–Crippen LogP) is 4.35. The van der Waals surface area contributed by atoms with Crippen LogP contribution < -0.4 is 5.73 Å². The van der Waals surface area contributed by atoms with Crippen molar-refractivity contribution in [2.24, 2.45) is 0 Å². The van der Waals surface area contributed by atoms with E-state index in [0.29, 0.717) is 40.2 Å². The number of fused-ring (bicyclic) bond motifs is 1. The van der Waals surface area contributed by atoms with Crippen molar-refractivity contribution in [3.63, 3.8) is 0 Å². The molecular formula is C21H18FN3O2S. The summed E-state index contributed by atoms with van der Waals surface area (Å²) < 4.78 is 14.0. The summed E-state index contributed by atoms with van der Waals surface area (Å²) in [5.74, 6) is -0.421. The Hall–Kier alpha value is -2.93. The van der Waals surface area contributed by atoms with Gasteiger partial charge in [-0.05, 0) is 61.6 Å². The second-order valence-electron chi connectivity index (χ2n) is 6.97. The second-order valence-corrected chi connectivity index (χ2v) is 8.05. The molecule has 28 heavy (non-hydrogen) atoms. The standard InChI is InChI=1S/C21H18FN3O2S/c1-10-20-16(25-21(23)24-10)7-12(8-17(20)27)14-4-3-13(22)9-15(14)19-6-5-18(28-19)11(2)26/h3-6,9,12H,7-8H2,1-2H3,(H2,23,24,25). The Morgan fingerprint density at radius 2 is 2.00 bits per heavy atom. The van der Waals surface area contributed by atoms with Gasteiger partial charge in [0.25, 0.3) is 0 Å². The van der Waals surface area contributed by atoms with Gasteiger partial charge in [0.1, 0.15) is 5.82 Å². The molecule has 0 fully saturated rings. The maximum atomic E-state index is 14.0. The summed E-state index contributed by atoms with van der Waals surface area (Å²) in [4.78, 5) is 34.2. The van der Waals surface area contributed by atoms with Crippen molar-refractivity contribution in [3.8, 4) is 10.4 Å². The zero-order chi connectivity index (χ0) is 20.0. The Bertz CT molecular complexity index is 1120. The first kappa shape index (κ1) is 18.4. The third kappa shape index (κ3) is 3.22. The molecule has 1 aliphatic rings. The Labute approximate surface area is 165 Å². The van der Waals surface area contributed by atoms with Crippen molar-refractivity contribution in [1.82, 2.24) is 9.97 Å². The summed E-state index contributed by atoms with van der Waals surface area (Å²) in [7, 11) is 0. The minimum absolute atomic E-state index is 0.0291. The molecule has 142 valence electrons. The number of rotatable bonds is 3. The van der Waals surface area contributed by atoms with Gasteiger partial charge in [0, 0.05) is 11.3 Å². The molecule has 2 N–H and O–H groups in total. The first-order chi connectivity index (χ1) is 13.3. The van der Waals surface area contributed by atoms with Gasteiger partial charge in [-0.15, -0.1) is 11.3 Å². The highest BCUT2D eigenvalue weighted by atomic mass is 32.1. The number of thiophene rings is 1. The molecule has 0 saturated heterocycles. The lowest BCUT2D eigenvalue weighted by Crippen LogP contribution is -2.23. The highest BCUT2D eigenvalue weighted by Crippen LogP contribution is 2.40. The fourth-order valence-corrected chi connectivity index (χ4v) is 4.73. The Balaban J connectivity index is 1.79. The molecule has 5 nitrogen and oxygen atoms in total. The summed E-state index contributed by atoms with van der Waals surface area (Å²) in [6.45, 7) is 3.26. The number of ketones is 2. The van der Waals surface area contributed by atoms with Gasteiger partial charge in [-0.2, -0.15) is 0 Å². The molecule has 0 aliphatic heterocycles. The van der Waals surface area contributed by atoms with Crippen LogP contribution >= 0.6 is 11.3 Å². The number of carbonyl (C=O) groups is 2. The average Bonchev–Trinajstić information content (AvgIpc) is 3.11. The molecule has 0 radical (unpaired) electrons. The molecule has 0 bridgehead atoms. The van der Waals surface area contributed by atoms with Gasteiger partial charge in [0.15, 0.2) is 11.6 Å². The Kier molecular flexibility index (Phi) is 4.55. The SMILES string of the molecule is CC(=O)c1ccc(-c2cc(F)ccc2C2CC(=O)c3c(C)nc(N)nc3C2)s1. The molecule has 1 aromatic carbocycles. The number of nitrogens with zero attached hydrogens (tertiary/aromatic N) is 2. The quantitative estimate of drug-likeness (QED) is 0.666. The van der Waals surface area contributed by atoms with Gasteiger partial charge in [-0.1, -0.05) is 6.07 Å². The number of aryl methyl sites for hydroxylation is 1. The highest BCUT2D eigenvalue weighted by molar-refractivity contribution is 7.17. The van der Waals surface area contributed by atoms with Gasteiger partial charge >= 0.3 is 0 Å². The topological polar surface area (TPSA) is 85.9 Å². The van der Waals surface area contributed by atoms with Gasteiger partial charge in [-0.3, -0.25) is 9.59 Å². The molecule has 3 aromatic rings. The Morgan fingerprint density at radius 3 is 2.71 bits per heavy atom. The first-order valence-electron chi connectivity index (χ1n) is 8.90. The monoisotopic (exact) mass is 395 g/mol. The summed E-state index contributed by atoms with van der Waals surface area (Å²) in [6.07, 6.45) is 0.822. The molecule has 7 heteroatoms. The Morgan fingerprint density at radius 1 is 1.21 bits per heavy atom. The van der Waals surface area contributed by atoms with Crippen LogP contribution in [0.2, 0.25) is 0 Å². The van der Waals surface area contributed by atoms with Crippen molar-refractivity contribution in [2.75, 3.05) is 5.73 Å². The molecule has 0 spiro atoms. The van der Waals surface area contributed by atoms with Gasteiger partial charge in [0.2, 0.25) is 5.95 Å². The van der Waals surface area contributed by atoms with Crippen LogP contribution in [-0.4, -0.2) is 21.5 Å². The molecule has 1 atom stereocenters. The first-order valence-corrected chi connectivity index (χ1v) is 9.72. The minimum atomic E-state index is -0.360. The molecule has 1 unspecified atom stereocenters. The molecule has 2 heterocycles. The number of nitrogens with two attached hydrogens (primary N) is 1. The zero-order valence-electron chi connectivity index (χ0n) is 15.5. The van der Waals surface area contributed by atoms with E-state index < -0.39 is 0 Å². The van der Waals surface area contributed by atoms with Crippen LogP contribution in [0.3, 0.4) is 0 Å². The van der Waals surface area contributed by atoms with Crippen LogP contribution in [0.25, 0.3) is 10.4 Å². The van der Waals surface area contributed by atoms with E-state index >= 15 is 0 Å². The number of hydrogen-bond acceptors (Lipinski definition) is 6. The largest absolute Gasteiger partial charge is 0.368 e. The van der Waals surface area contributed by atoms with Crippen molar-refractivity contribution >= 4 is 28.9 Å². The lowest BCUT2D eigenvalue weighted by atomic mass is 9.79. The molecule has 0 saturated carbocycles. The van der Waals surface area contributed by atoms with Crippen molar-refractivity contribution in [2.45, 2.75) is 32.6 Å². The van der Waals surface area contributed by atoms with Crippen LogP contribution in [0, 0.1) is 12.7 Å². The number of anilines is 1. The second kappa shape index (κ2) is 6.91. The van der Waals surface area contributed by atoms with E-state index in [9.17, 15) is 14.0 Å². The van der Waals surface area contributed by atoms with E-state index in [-0.39, 0.29) is 29.2 Å². The fraction of sp³-hybridized carbons (Fsp3) is 0.238. The van der Waals surface area contributed by atoms with Crippen LogP contribution in [-0.2, 0) is 6.42 Å². The summed E-state index contributed by atoms with van der Waals surface area (Å²) in [5.41, 5.74) is 9.12. The summed E-state index contributed by atoms with van der Waals surface area (Å²) in [5, 5.41) is 0. The molecule has 2 aromatic heterocycles. The number of benzene rings is 1. The van der Waals surface area contributed by atoms with E-state index in [1.54, 1.807) is 19.1 Å². The smallest absolute Gasteiger partial charge is 0.220 e. The van der Waals surface area contributed by atoms with Gasteiger partial charge in [-0.25, -0.2) is 14.4 Å². The van der Waals surface area contributed by atoms with Crippen LogP contribution in [0.1, 0.15) is 56.2 Å². The molecular weight excluding hydrogens is 377 g/mol. The lowest BCUT2D eigenvalue weighted by molar-refractivity contribution is 0.0961. The number of carbonyl (C=O) groups excluding carboxylic acids is 2. The summed E-state index contributed by atoms with van der Waals surface area (Å²) >= 11 is 1.33. The molecule has 1 aliphatic carbocycles. The predicted molar refractivity (Wildman–Crippen MR) is 106 cm³/mol. The number of halogens is 1. The maximum absolute atomic E-state index is 14.0. The minimum Gasteiger partial charge on any atom is -0.368 e. The van der Waals surface area contributed by atoms with E-state index in [2.05, 4.69) is 9.97 Å². The van der Waals surface area contributed by atoms with Crippen LogP contribution in [0.4, 0.5) is 10.3 Å². The third-order valence-corrected chi connectivity index (χ3v) is 6.23. The summed E-state index contributed by atoms with van der Waals surface area (Å²) in [6, 6.07) is 8.15. The van der Waals surface area contributed by atoms with Crippen molar-refractivity contribution in [1.29, 1.82) is 0 Å². The number of Topliss-reactive ketones (excluding diaryl/α,β-unsaturated/α-hetero) is 2. The number of aromatic nitrogens is 2. The highest BCUT2D eigenvalue weighted by Gasteiger charge is 2.31. The maximum Gasteiger partial charge on any atom is 0.220 e. The van der Waals surface area contributed by atoms with Gasteiger partial charge < -0.3 is 5.73 Å². The normalized spacial score (nSPS) is 16.1.